The number of halogens is 3. The molecule has 1 N–H and O–H groups in total. The molecule has 9 heteroatoms. The fraction of sp³-hybridized carbons (Fsp3) is 0.368. The second-order valence-corrected chi connectivity index (χ2v) is 13.1. The maximum atomic E-state index is 12.8. The number of benzene rings is 1. The molecule has 0 amide bonds. The van der Waals surface area contributed by atoms with Crippen molar-refractivity contribution in [3.05, 3.63) is 65.5 Å². The molecule has 1 aliphatic carbocycles. The molecule has 0 saturated carbocycles. The fourth-order valence-corrected chi connectivity index (χ4v) is 7.77. The molecule has 0 aliphatic heterocycles. The van der Waals surface area contributed by atoms with Gasteiger partial charge in [-0.25, -0.2) is 0 Å². The molecule has 0 heterocycles. The maximum absolute atomic E-state index is 12.8. The summed E-state index contributed by atoms with van der Waals surface area (Å²) in [4.78, 5) is 0. The Morgan fingerprint density at radius 1 is 1.25 bits per heavy atom. The van der Waals surface area contributed by atoms with E-state index in [4.69, 9.17) is 4.74 Å². The first-order valence-corrected chi connectivity index (χ1v) is 15.0. The van der Waals surface area contributed by atoms with Crippen molar-refractivity contribution in [2.45, 2.75) is 39.4 Å². The standard InChI is InChI=1S/C18H18F3O4S.CH3.Po/c19-18(20,21)15-7-4-8-16(11-10-15)25-17-9-3-6-14(13-17)5-1-2-12-26(22,23)24;;/h3,6-13H,1-2,4-5H2,(H,22,23,24);1H3;. The second kappa shape index (κ2) is 10.0. The van der Waals surface area contributed by atoms with E-state index in [2.05, 4.69) is 0 Å². The monoisotopic (exact) mass is 611 g/mol. The molecule has 1 aliphatic rings. The van der Waals surface area contributed by atoms with Gasteiger partial charge in [-0.1, -0.05) is 0 Å². The molecule has 154 valence electrons. The number of allylic oxidation sites excluding steroid dienone is 5. The Labute approximate surface area is 174 Å². The van der Waals surface area contributed by atoms with Crippen LogP contribution < -0.4 is 4.74 Å². The van der Waals surface area contributed by atoms with Gasteiger partial charge in [0.1, 0.15) is 0 Å². The summed E-state index contributed by atoms with van der Waals surface area (Å²) in [6, 6.07) is 7.15. The summed E-state index contributed by atoms with van der Waals surface area (Å²) in [5, 5.41) is 0. The van der Waals surface area contributed by atoms with Crippen molar-refractivity contribution in [2.24, 2.45) is 0 Å². The van der Waals surface area contributed by atoms with Crippen LogP contribution in [-0.4, -0.2) is 45.6 Å². The van der Waals surface area contributed by atoms with Crippen LogP contribution >= 0.6 is 0 Å². The minimum absolute atomic E-state index is 0.121. The molecule has 0 radical (unpaired) electrons. The van der Waals surface area contributed by atoms with Crippen LogP contribution in [0.15, 0.2) is 59.9 Å². The zero-order valence-corrected chi connectivity index (χ0v) is 19.1. The van der Waals surface area contributed by atoms with Crippen LogP contribution in [0.1, 0.15) is 24.8 Å². The number of hydrogen-bond acceptors (Lipinski definition) is 3. The molecular formula is C19H21F3O4PoS. The van der Waals surface area contributed by atoms with Crippen LogP contribution in [0.4, 0.5) is 13.2 Å². The summed E-state index contributed by atoms with van der Waals surface area (Å²) in [5.41, 5.74) is 0.227. The number of aryl methyl sites for hydroxylation is 1. The Morgan fingerprint density at radius 3 is 2.64 bits per heavy atom. The van der Waals surface area contributed by atoms with Crippen molar-refractivity contribution in [2.75, 3.05) is 0 Å². The Bertz CT molecular complexity index is 873. The van der Waals surface area contributed by atoms with Crippen LogP contribution in [0, 0.1) is 0 Å². The van der Waals surface area contributed by atoms with E-state index in [1.54, 1.807) is 24.3 Å². The molecule has 1 atom stereocenters. The van der Waals surface area contributed by atoms with E-state index in [1.165, 1.54) is 6.08 Å². The topological polar surface area (TPSA) is 63.6 Å². The quantitative estimate of drug-likeness (QED) is 0.434. The summed E-state index contributed by atoms with van der Waals surface area (Å²) < 4.78 is 77.0. The Balaban J connectivity index is 1.96. The number of hydrogen-bond donors (Lipinski definition) is 1. The van der Waals surface area contributed by atoms with E-state index >= 15 is 0 Å². The third-order valence-corrected chi connectivity index (χ3v) is 12.4. The van der Waals surface area contributed by atoms with Crippen LogP contribution in [0.5, 0.6) is 5.75 Å². The van der Waals surface area contributed by atoms with E-state index in [1.807, 2.05) is 10.6 Å². The van der Waals surface area contributed by atoms with E-state index in [0.717, 1.165) is 17.7 Å². The van der Waals surface area contributed by atoms with Crippen molar-refractivity contribution in [3.63, 3.8) is 0 Å². The van der Waals surface area contributed by atoms with Gasteiger partial charge in [0.05, 0.1) is 0 Å². The predicted molar refractivity (Wildman–Crippen MR) is 103 cm³/mol. The van der Waals surface area contributed by atoms with E-state index < -0.39 is 48.3 Å². The average molecular weight is 611 g/mol. The van der Waals surface area contributed by atoms with Crippen LogP contribution in [0.25, 0.3) is 0 Å². The first-order chi connectivity index (χ1) is 13.1. The third-order valence-electron chi connectivity index (χ3n) is 4.05. The molecular weight excluding hydrogens is 590 g/mol. The average Bonchev–Trinajstić information content (AvgIpc) is 2.83. The van der Waals surface area contributed by atoms with E-state index in [0.29, 0.717) is 30.8 Å². The van der Waals surface area contributed by atoms with Crippen molar-refractivity contribution in [1.82, 2.24) is 0 Å². The van der Waals surface area contributed by atoms with Gasteiger partial charge in [-0.05, 0) is 0 Å². The molecule has 0 spiro atoms. The molecule has 4 nitrogen and oxygen atoms in total. The zero-order chi connectivity index (χ0) is 20.8. The molecule has 0 aromatic heterocycles. The SMILES string of the molecule is [CH3][Po][CH](CCCc1cccc(OC2=CCC=C(C(F)(F)F)C=C2)c1)S(=O)(=O)O. The van der Waals surface area contributed by atoms with Crippen LogP contribution in [-0.2, 0) is 16.5 Å². The van der Waals surface area contributed by atoms with Gasteiger partial charge in [0.15, 0.2) is 0 Å². The van der Waals surface area contributed by atoms with Crippen molar-refractivity contribution in [1.29, 1.82) is 0 Å². The van der Waals surface area contributed by atoms with Gasteiger partial charge in [-0.2, -0.15) is 13.2 Å². The van der Waals surface area contributed by atoms with Gasteiger partial charge in [0, 0.05) is 0 Å². The molecule has 0 bridgehead atoms. The van der Waals surface area contributed by atoms with Crippen LogP contribution in [0.3, 0.4) is 0 Å². The Kier molecular flexibility index (Phi) is 8.29. The first-order valence-electron chi connectivity index (χ1n) is 8.51. The van der Waals surface area contributed by atoms with E-state index in [-0.39, 0.29) is 6.42 Å². The van der Waals surface area contributed by atoms with E-state index in [9.17, 15) is 26.1 Å². The molecule has 2 rings (SSSR count). The van der Waals surface area contributed by atoms with Gasteiger partial charge < -0.3 is 0 Å². The first kappa shape index (κ1) is 23.1. The van der Waals surface area contributed by atoms with Gasteiger partial charge in [0.2, 0.25) is 0 Å². The number of ether oxygens (including phenoxy) is 1. The second-order valence-electron chi connectivity index (χ2n) is 6.15. The van der Waals surface area contributed by atoms with Crippen LogP contribution in [0.2, 0.25) is 4.58 Å². The number of alkyl halides is 3. The Morgan fingerprint density at radius 2 is 2.00 bits per heavy atom. The van der Waals surface area contributed by atoms with Gasteiger partial charge >= 0.3 is 162 Å². The molecule has 1 unspecified atom stereocenters. The molecule has 0 saturated heterocycles. The Hall–Kier alpha value is -1.16. The summed E-state index contributed by atoms with van der Waals surface area (Å²) in [5.74, 6) is 0.833. The fourth-order valence-electron chi connectivity index (χ4n) is 2.66. The molecule has 1 aromatic rings. The van der Waals surface area contributed by atoms with Crippen molar-refractivity contribution < 1.29 is 30.9 Å². The van der Waals surface area contributed by atoms with Crippen molar-refractivity contribution in [3.8, 4) is 5.75 Å². The summed E-state index contributed by atoms with van der Waals surface area (Å²) in [6.45, 7) is 0. The zero-order valence-electron chi connectivity index (χ0n) is 15.1. The molecule has 1 aromatic carbocycles. The predicted octanol–water partition coefficient (Wildman–Crippen LogP) is 4.69. The minimum atomic E-state index is -4.39. The normalized spacial score (nSPS) is 16.2. The third kappa shape index (κ3) is 7.34. The summed E-state index contributed by atoms with van der Waals surface area (Å²) in [6.07, 6.45) is 2.36. The van der Waals surface area contributed by atoms with Gasteiger partial charge in [-0.15, -0.1) is 0 Å². The van der Waals surface area contributed by atoms with Gasteiger partial charge in [0.25, 0.3) is 0 Å². The van der Waals surface area contributed by atoms with Gasteiger partial charge in [-0.3, -0.25) is 0 Å². The summed E-state index contributed by atoms with van der Waals surface area (Å²) >= 11 is -1.13. The molecule has 0 fully saturated rings. The number of rotatable bonds is 8. The molecule has 28 heavy (non-hydrogen) atoms. The van der Waals surface area contributed by atoms with Crippen molar-refractivity contribution >= 4 is 33.7 Å². The summed E-state index contributed by atoms with van der Waals surface area (Å²) in [7, 11) is -3.97.